The summed E-state index contributed by atoms with van der Waals surface area (Å²) in [5, 5.41) is 2.48. The summed E-state index contributed by atoms with van der Waals surface area (Å²) in [6.07, 6.45) is 2.45. The average Bonchev–Trinajstić information content (AvgIpc) is 2.16. The molecule has 0 aliphatic carbocycles. The van der Waals surface area contributed by atoms with Gasteiger partial charge in [-0.05, 0) is 12.1 Å². The van der Waals surface area contributed by atoms with E-state index < -0.39 is 9.84 Å². The van der Waals surface area contributed by atoms with Crippen molar-refractivity contribution in [2.24, 2.45) is 0 Å². The maximum Gasteiger partial charge on any atom is 0.252 e. The van der Waals surface area contributed by atoms with Gasteiger partial charge in [-0.2, -0.15) is 0 Å². The van der Waals surface area contributed by atoms with Crippen molar-refractivity contribution >= 4 is 21.6 Å². The summed E-state index contributed by atoms with van der Waals surface area (Å²) in [7, 11) is -3.06. The predicted octanol–water partition coefficient (Wildman–Crippen LogP) is -0.562. The first kappa shape index (κ1) is 12.4. The molecular formula is C9H13N3O3S. The van der Waals surface area contributed by atoms with E-state index in [0.717, 1.165) is 6.26 Å². The van der Waals surface area contributed by atoms with Gasteiger partial charge in [0.2, 0.25) is 0 Å². The van der Waals surface area contributed by atoms with Crippen molar-refractivity contribution in [1.82, 2.24) is 10.3 Å². The Kier molecular flexibility index (Phi) is 3.83. The molecule has 88 valence electrons. The maximum absolute atomic E-state index is 11.5. The molecule has 1 aromatic rings. The van der Waals surface area contributed by atoms with E-state index in [1.807, 2.05) is 0 Å². The third-order valence-corrected chi connectivity index (χ3v) is 2.75. The van der Waals surface area contributed by atoms with Crippen LogP contribution in [0.5, 0.6) is 0 Å². The zero-order valence-electron chi connectivity index (χ0n) is 8.80. The Morgan fingerprint density at radius 3 is 2.69 bits per heavy atom. The van der Waals surface area contributed by atoms with Crippen molar-refractivity contribution in [2.75, 3.05) is 24.3 Å². The van der Waals surface area contributed by atoms with E-state index in [-0.39, 0.29) is 18.2 Å². The number of hydrogen-bond acceptors (Lipinski definition) is 5. The van der Waals surface area contributed by atoms with E-state index in [1.54, 1.807) is 0 Å². The zero-order valence-corrected chi connectivity index (χ0v) is 9.62. The Bertz CT molecular complexity index is 467. The summed E-state index contributed by atoms with van der Waals surface area (Å²) in [6, 6.07) is 3.03. The highest BCUT2D eigenvalue weighted by atomic mass is 32.2. The van der Waals surface area contributed by atoms with Crippen LogP contribution in [0.2, 0.25) is 0 Å². The molecule has 0 spiro atoms. The topological polar surface area (TPSA) is 102 Å². The second-order valence-corrected chi connectivity index (χ2v) is 5.62. The molecule has 7 heteroatoms. The molecular weight excluding hydrogens is 230 g/mol. The van der Waals surface area contributed by atoms with Gasteiger partial charge in [0.05, 0.1) is 11.3 Å². The van der Waals surface area contributed by atoms with Gasteiger partial charge < -0.3 is 11.1 Å². The van der Waals surface area contributed by atoms with Crippen LogP contribution in [0.1, 0.15) is 10.4 Å². The van der Waals surface area contributed by atoms with E-state index in [0.29, 0.717) is 11.4 Å². The fourth-order valence-corrected chi connectivity index (χ4v) is 1.46. The minimum Gasteiger partial charge on any atom is -0.384 e. The molecule has 0 fully saturated rings. The van der Waals surface area contributed by atoms with Gasteiger partial charge in [0.25, 0.3) is 5.91 Å². The van der Waals surface area contributed by atoms with Crippen molar-refractivity contribution in [2.45, 2.75) is 0 Å². The lowest BCUT2D eigenvalue weighted by Crippen LogP contribution is -2.28. The monoisotopic (exact) mass is 243 g/mol. The van der Waals surface area contributed by atoms with Gasteiger partial charge in [0, 0.05) is 19.0 Å². The molecule has 1 heterocycles. The Morgan fingerprint density at radius 1 is 1.50 bits per heavy atom. The SMILES string of the molecule is CS(=O)(=O)CCNC(=O)c1ccc(N)nc1. The van der Waals surface area contributed by atoms with Crippen LogP contribution in [-0.4, -0.2) is 37.9 Å². The first-order valence-electron chi connectivity index (χ1n) is 4.56. The summed E-state index contributed by atoms with van der Waals surface area (Å²) in [4.78, 5) is 15.2. The molecule has 16 heavy (non-hydrogen) atoms. The molecule has 0 aliphatic rings. The van der Waals surface area contributed by atoms with Gasteiger partial charge in [0.1, 0.15) is 15.7 Å². The Balaban J connectivity index is 2.50. The van der Waals surface area contributed by atoms with Gasteiger partial charge in [-0.3, -0.25) is 4.79 Å². The number of amides is 1. The molecule has 0 saturated heterocycles. The van der Waals surface area contributed by atoms with Gasteiger partial charge >= 0.3 is 0 Å². The lowest BCUT2D eigenvalue weighted by molar-refractivity contribution is 0.0956. The standard InChI is InChI=1S/C9H13N3O3S/c1-16(14,15)5-4-11-9(13)7-2-3-8(10)12-6-7/h2-3,6H,4-5H2,1H3,(H2,10,12)(H,11,13). The molecule has 0 bridgehead atoms. The van der Waals surface area contributed by atoms with Crippen LogP contribution in [0.15, 0.2) is 18.3 Å². The number of anilines is 1. The highest BCUT2D eigenvalue weighted by molar-refractivity contribution is 7.90. The summed E-state index contributed by atoms with van der Waals surface area (Å²) >= 11 is 0. The normalized spacial score (nSPS) is 11.1. The Hall–Kier alpha value is -1.63. The lowest BCUT2D eigenvalue weighted by Gasteiger charge is -2.03. The third-order valence-electron chi connectivity index (χ3n) is 1.81. The highest BCUT2D eigenvalue weighted by Gasteiger charge is 2.07. The summed E-state index contributed by atoms with van der Waals surface area (Å²) in [5.74, 6) is -0.120. The van der Waals surface area contributed by atoms with Crippen LogP contribution >= 0.6 is 0 Å². The summed E-state index contributed by atoms with van der Waals surface area (Å²) in [6.45, 7) is 0.0854. The quantitative estimate of drug-likeness (QED) is 0.738. The van der Waals surface area contributed by atoms with Crippen molar-refractivity contribution in [3.8, 4) is 0 Å². The van der Waals surface area contributed by atoms with E-state index in [2.05, 4.69) is 10.3 Å². The number of nitrogen functional groups attached to an aromatic ring is 1. The average molecular weight is 243 g/mol. The van der Waals surface area contributed by atoms with Crippen LogP contribution in [0.25, 0.3) is 0 Å². The highest BCUT2D eigenvalue weighted by Crippen LogP contribution is 2.00. The van der Waals surface area contributed by atoms with Gasteiger partial charge in [-0.25, -0.2) is 13.4 Å². The number of nitrogens with one attached hydrogen (secondary N) is 1. The van der Waals surface area contributed by atoms with Gasteiger partial charge in [0.15, 0.2) is 0 Å². The zero-order chi connectivity index (χ0) is 12.2. The predicted molar refractivity (Wildman–Crippen MR) is 60.7 cm³/mol. The van der Waals surface area contributed by atoms with E-state index in [9.17, 15) is 13.2 Å². The molecule has 1 amide bonds. The van der Waals surface area contributed by atoms with Gasteiger partial charge in [-0.15, -0.1) is 0 Å². The molecule has 0 radical (unpaired) electrons. The van der Waals surface area contributed by atoms with E-state index >= 15 is 0 Å². The van der Waals surface area contributed by atoms with E-state index in [4.69, 9.17) is 5.73 Å². The van der Waals surface area contributed by atoms with Crippen molar-refractivity contribution in [3.63, 3.8) is 0 Å². The number of carbonyl (C=O) groups is 1. The van der Waals surface area contributed by atoms with Crippen molar-refractivity contribution in [3.05, 3.63) is 23.9 Å². The number of pyridine rings is 1. The van der Waals surface area contributed by atoms with Crippen molar-refractivity contribution < 1.29 is 13.2 Å². The number of nitrogens with zero attached hydrogens (tertiary/aromatic N) is 1. The number of carbonyl (C=O) groups excluding carboxylic acids is 1. The molecule has 3 N–H and O–H groups in total. The molecule has 1 rings (SSSR count). The Morgan fingerprint density at radius 2 is 2.19 bits per heavy atom. The van der Waals surface area contributed by atoms with E-state index in [1.165, 1.54) is 18.3 Å². The van der Waals surface area contributed by atoms with Crippen LogP contribution in [0.3, 0.4) is 0 Å². The molecule has 6 nitrogen and oxygen atoms in total. The first-order chi connectivity index (χ1) is 7.38. The van der Waals surface area contributed by atoms with Crippen LogP contribution in [0, 0.1) is 0 Å². The fourth-order valence-electron chi connectivity index (χ4n) is 0.992. The summed E-state index contributed by atoms with van der Waals surface area (Å²) in [5.41, 5.74) is 5.71. The minimum absolute atomic E-state index is 0.0822. The second-order valence-electron chi connectivity index (χ2n) is 3.36. The second kappa shape index (κ2) is 4.93. The third kappa shape index (κ3) is 4.26. The van der Waals surface area contributed by atoms with Crippen LogP contribution in [0.4, 0.5) is 5.82 Å². The van der Waals surface area contributed by atoms with Crippen molar-refractivity contribution in [1.29, 1.82) is 0 Å². The first-order valence-corrected chi connectivity index (χ1v) is 6.62. The molecule has 1 aromatic heterocycles. The molecule has 0 unspecified atom stereocenters. The largest absolute Gasteiger partial charge is 0.384 e. The number of nitrogens with two attached hydrogens (primary N) is 1. The lowest BCUT2D eigenvalue weighted by atomic mass is 10.2. The molecule has 0 atom stereocenters. The maximum atomic E-state index is 11.5. The number of rotatable bonds is 4. The summed E-state index contributed by atoms with van der Waals surface area (Å²) < 4.78 is 21.6. The van der Waals surface area contributed by atoms with Crippen LogP contribution < -0.4 is 11.1 Å². The van der Waals surface area contributed by atoms with Gasteiger partial charge in [-0.1, -0.05) is 0 Å². The number of hydrogen-bond donors (Lipinski definition) is 2. The Labute approximate surface area is 93.8 Å². The fraction of sp³-hybridized carbons (Fsp3) is 0.333. The molecule has 0 saturated carbocycles. The number of sulfone groups is 1. The molecule has 0 aliphatic heterocycles. The van der Waals surface area contributed by atoms with Crippen LogP contribution in [-0.2, 0) is 9.84 Å². The number of aromatic nitrogens is 1. The molecule has 0 aromatic carbocycles. The smallest absolute Gasteiger partial charge is 0.252 e. The minimum atomic E-state index is -3.06.